The molecule has 0 unspecified atom stereocenters. The number of rotatable bonds is 14. The first-order valence-corrected chi connectivity index (χ1v) is 46.6. The molecular weight excluding hydrogens is 1440 g/mol. The zero-order valence-electron chi connectivity index (χ0n) is 44.6. The van der Waals surface area contributed by atoms with Gasteiger partial charge in [0, 0.05) is 206 Å². The smallest absolute Gasteiger partial charge is 0.373 e. The minimum Gasteiger partial charge on any atom is -0.508 e. The molecule has 0 heterocycles. The first-order chi connectivity index (χ1) is 41.5. The maximum Gasteiger partial charge on any atom is 0.373 e. The SMILES string of the molecule is C.CCc1cc(O)c2cc(-c3ccc(OCOCCOC)c(Cc4ccccc4)c3)cc(OC)c2c1.O=C=O.O=C=O.Oc1ccc(-c2cc(O)c3cccc(O)c3c2)cc1Cc1ccccc1.S=S=S=S=S=S=S=S=S=S=S=S=S=S=S=S=S=S. The van der Waals surface area contributed by atoms with Crippen LogP contribution in [-0.2, 0) is 212 Å². The molecule has 0 amide bonds. The Morgan fingerprint density at radius 1 is 0.419 bits per heavy atom. The van der Waals surface area contributed by atoms with E-state index in [9.17, 15) is 20.4 Å². The van der Waals surface area contributed by atoms with Crippen LogP contribution in [0.1, 0.15) is 42.2 Å². The molecule has 0 atom stereocenters. The van der Waals surface area contributed by atoms with Gasteiger partial charge in [-0.05, 0) is 123 Å². The molecule has 8 aromatic carbocycles. The predicted octanol–water partition coefficient (Wildman–Crippen LogP) is 11.0. The number of ether oxygens (including phenoxy) is 4. The maximum atomic E-state index is 10.7. The first-order valence-electron chi connectivity index (χ1n) is 23.9. The molecule has 0 bridgehead atoms. The minimum absolute atomic E-state index is 0. The van der Waals surface area contributed by atoms with Gasteiger partial charge in [-0.25, -0.2) is 0 Å². The van der Waals surface area contributed by atoms with Crippen molar-refractivity contribution in [1.29, 1.82) is 0 Å². The predicted molar refractivity (Wildman–Crippen MR) is 392 cm³/mol. The van der Waals surface area contributed by atoms with Gasteiger partial charge < -0.3 is 39.4 Å². The summed E-state index contributed by atoms with van der Waals surface area (Å²) < 4.78 is 22.2. The lowest BCUT2D eigenvalue weighted by Gasteiger charge is -2.16. The van der Waals surface area contributed by atoms with Crippen molar-refractivity contribution in [1.82, 2.24) is 0 Å². The molecule has 458 valence electrons. The Morgan fingerprint density at radius 3 is 1.41 bits per heavy atom. The summed E-state index contributed by atoms with van der Waals surface area (Å²) >= 11 is 9.49. The van der Waals surface area contributed by atoms with Gasteiger partial charge in [-0.1, -0.05) is 99.3 Å². The second kappa shape index (κ2) is 45.9. The van der Waals surface area contributed by atoms with Gasteiger partial charge in [0.15, 0.2) is 6.79 Å². The number of benzene rings is 8. The first kappa shape index (κ1) is 76.0. The van der Waals surface area contributed by atoms with E-state index in [0.29, 0.717) is 30.4 Å². The van der Waals surface area contributed by atoms with Crippen LogP contribution >= 0.6 is 0 Å². The van der Waals surface area contributed by atoms with Crippen LogP contribution in [0, 0.1) is 0 Å². The van der Waals surface area contributed by atoms with Crippen LogP contribution in [-0.4, -0.2) is 67.0 Å². The lowest BCUT2D eigenvalue weighted by Crippen LogP contribution is -2.09. The van der Waals surface area contributed by atoms with E-state index in [1.165, 1.54) is 23.3 Å². The summed E-state index contributed by atoms with van der Waals surface area (Å²) in [7, 11) is 30.5. The Labute approximate surface area is 554 Å². The number of fused-ring (bicyclic) bond motifs is 2. The van der Waals surface area contributed by atoms with Crippen LogP contribution in [0.25, 0.3) is 43.8 Å². The Hall–Kier alpha value is -4.28. The normalized spacial score (nSPS) is 9.52. The molecule has 0 aliphatic heterocycles. The molecule has 4 N–H and O–H groups in total. The third-order valence-corrected chi connectivity index (χ3v) is 44.4. The van der Waals surface area contributed by atoms with Gasteiger partial charge in [-0.15, -0.1) is 0 Å². The van der Waals surface area contributed by atoms with Gasteiger partial charge in [0.2, 0.25) is 0 Å². The number of carbonyl (C=O) groups excluding carboxylic acids is 4. The Kier molecular flexibility index (Phi) is 40.5. The second-order valence-corrected chi connectivity index (χ2v) is 44.3. The van der Waals surface area contributed by atoms with E-state index in [0.717, 1.165) is 79.6 Å². The van der Waals surface area contributed by atoms with Crippen LogP contribution in [0.5, 0.6) is 34.5 Å². The average Bonchev–Trinajstić information content (AvgIpc) is 1.43. The van der Waals surface area contributed by atoms with Gasteiger partial charge in [-0.2, -0.15) is 19.2 Å². The summed E-state index contributed by atoms with van der Waals surface area (Å²) in [5.74, 6) is 2.26. The second-order valence-electron chi connectivity index (χ2n) is 16.0. The standard InChI is InChI=1S/C30H32O5.C23H18O3.2CO2.CH4.S18/c1-4-21-15-27-26(28(31)16-21)18-24(19-30(27)33-3)23-10-11-29(35-20-34-13-12-32-2)25(17-23)14-22-8-6-5-7-9-22;24-21-10-9-16(12-18(21)11-15-5-2-1-3-6-15)17-13-20-19(23(26)14-17)7-4-8-22(20)25;2*2-1-3;;1-3-5-7-9-11-13-15-17-18-16-14-12-10-8-6-4-2/h5-11,15-19,31H,4,12-14,20H2,1-3H3;1-10,12-14,24-26H,11H2;;;1H4;. The van der Waals surface area contributed by atoms with Crippen LogP contribution in [0.4, 0.5) is 0 Å². The number of aromatic hydroxyl groups is 4. The van der Waals surface area contributed by atoms with Crippen molar-refractivity contribution < 1.29 is 58.6 Å². The highest BCUT2D eigenvalue weighted by Gasteiger charge is 2.15. The van der Waals surface area contributed by atoms with Crippen molar-refractivity contribution in [3.63, 3.8) is 0 Å². The van der Waals surface area contributed by atoms with Crippen molar-refractivity contribution in [3.8, 4) is 56.8 Å². The molecule has 12 nitrogen and oxygen atoms in total. The number of aryl methyl sites for hydroxylation is 1. The van der Waals surface area contributed by atoms with E-state index in [1.807, 2.05) is 97.1 Å². The molecule has 86 heavy (non-hydrogen) atoms. The molecule has 30 heteroatoms. The summed E-state index contributed by atoms with van der Waals surface area (Å²) in [4.78, 5) is 32.5. The monoisotopic (exact) mass is 1490 g/mol. The fourth-order valence-electron chi connectivity index (χ4n) is 7.57. The fourth-order valence-corrected chi connectivity index (χ4v) is 46.0. The van der Waals surface area contributed by atoms with Gasteiger partial charge in [0.05, 0.1) is 20.3 Å². The minimum atomic E-state index is 0. The van der Waals surface area contributed by atoms with E-state index in [1.54, 1.807) is 169 Å². The molecule has 0 saturated heterocycles. The summed E-state index contributed by atoms with van der Waals surface area (Å²) in [5.41, 5.74) is 8.86. The van der Waals surface area contributed by atoms with Crippen molar-refractivity contribution in [2.24, 2.45) is 0 Å². The van der Waals surface area contributed by atoms with Crippen LogP contribution in [0.3, 0.4) is 0 Å². The Bertz CT molecular complexity index is 4300. The van der Waals surface area contributed by atoms with Crippen molar-refractivity contribution in [2.75, 3.05) is 34.2 Å². The number of hydrogen-bond donors (Lipinski definition) is 4. The van der Waals surface area contributed by atoms with Crippen molar-refractivity contribution in [2.45, 2.75) is 33.6 Å². The topological polar surface area (TPSA) is 186 Å². The third kappa shape index (κ3) is 27.6. The molecule has 0 aliphatic rings. The van der Waals surface area contributed by atoms with Crippen LogP contribution in [0.2, 0.25) is 0 Å². The van der Waals surface area contributed by atoms with E-state index >= 15 is 0 Å². The molecule has 8 aromatic rings. The van der Waals surface area contributed by atoms with Gasteiger partial charge >= 0.3 is 12.3 Å². The lowest BCUT2D eigenvalue weighted by atomic mass is 9.95. The largest absolute Gasteiger partial charge is 0.508 e. The number of phenols is 4. The summed E-state index contributed by atoms with van der Waals surface area (Å²) in [5, 5.41) is 44.3. The Balaban J connectivity index is 0.000000336. The average molecular weight is 1500 g/mol. The van der Waals surface area contributed by atoms with Crippen molar-refractivity contribution >= 4 is 198 Å². The maximum absolute atomic E-state index is 10.7. The highest BCUT2D eigenvalue weighted by molar-refractivity contribution is 8.77. The molecule has 0 spiro atoms. The molecule has 0 fully saturated rings. The Morgan fingerprint density at radius 2 is 0.895 bits per heavy atom. The molecule has 0 saturated carbocycles. The number of hydrogen-bond acceptors (Lipinski definition) is 14. The molecular formula is C56H54O12S18. The molecule has 0 aliphatic carbocycles. The number of phenolic OH excluding ortho intramolecular Hbond substituents is 4. The lowest BCUT2D eigenvalue weighted by molar-refractivity contribution is -0.193. The highest BCUT2D eigenvalue weighted by atomic mass is 33.5. The molecule has 0 aromatic heterocycles. The molecule has 0 radical (unpaired) electrons. The van der Waals surface area contributed by atoms with Crippen LogP contribution < -0.4 is 9.47 Å². The van der Waals surface area contributed by atoms with E-state index in [2.05, 4.69) is 31.2 Å². The van der Waals surface area contributed by atoms with Crippen molar-refractivity contribution in [3.05, 3.63) is 179 Å². The van der Waals surface area contributed by atoms with Gasteiger partial charge in [-0.3, -0.25) is 0 Å². The van der Waals surface area contributed by atoms with E-state index in [-0.39, 0.29) is 49.5 Å². The van der Waals surface area contributed by atoms with Crippen LogP contribution in [0.15, 0.2) is 152 Å². The zero-order valence-corrected chi connectivity index (χ0v) is 59.3. The van der Waals surface area contributed by atoms with E-state index < -0.39 is 0 Å². The van der Waals surface area contributed by atoms with Gasteiger partial charge in [0.25, 0.3) is 0 Å². The molecule has 8 rings (SSSR count). The quantitative estimate of drug-likeness (QED) is 0.0595. The number of methoxy groups -OCH3 is 2. The van der Waals surface area contributed by atoms with Gasteiger partial charge in [0.1, 0.15) is 34.5 Å². The summed E-state index contributed by atoms with van der Waals surface area (Å²) in [6.45, 7) is 3.22. The fraction of sp³-hybridized carbons (Fsp3) is 0.179. The summed E-state index contributed by atoms with van der Waals surface area (Å²) in [6.07, 6.45) is 2.68. The third-order valence-electron chi connectivity index (χ3n) is 11.1. The summed E-state index contributed by atoms with van der Waals surface area (Å²) in [6, 6.07) is 48.3. The van der Waals surface area contributed by atoms with E-state index in [4.69, 9.17) is 60.5 Å². The zero-order chi connectivity index (χ0) is 61.4. The highest BCUT2D eigenvalue weighted by Crippen LogP contribution is 2.40.